The lowest BCUT2D eigenvalue weighted by atomic mass is 9.43. The average Bonchev–Trinajstić information content (AvgIpc) is 3.48. The Hall–Kier alpha value is -0.730. The lowest BCUT2D eigenvalue weighted by molar-refractivity contribution is -0.247. The monoisotopic (exact) mass is 449 g/mol. The lowest BCUT2D eigenvalue weighted by Crippen LogP contribution is -2.62. The first-order valence-corrected chi connectivity index (χ1v) is 12.8. The van der Waals surface area contributed by atoms with E-state index in [-0.39, 0.29) is 28.5 Å². The smallest absolute Gasteiger partial charge is 0.169 e. The molecule has 4 saturated carbocycles. The maximum Gasteiger partial charge on any atom is 0.169 e. The van der Waals surface area contributed by atoms with Crippen molar-refractivity contribution in [2.24, 2.45) is 45.6 Å². The zero-order valence-corrected chi connectivity index (χ0v) is 19.5. The van der Waals surface area contributed by atoms with Gasteiger partial charge in [0.15, 0.2) is 11.6 Å². The van der Waals surface area contributed by atoms with E-state index in [0.717, 1.165) is 44.9 Å². The van der Waals surface area contributed by atoms with Crippen LogP contribution < -0.4 is 0 Å². The summed E-state index contributed by atoms with van der Waals surface area (Å²) in [7, 11) is 0. The number of oxime groups is 1. The van der Waals surface area contributed by atoms with E-state index in [1.54, 1.807) is 6.21 Å². The van der Waals surface area contributed by atoms with Crippen molar-refractivity contribution in [3.05, 3.63) is 0 Å². The van der Waals surface area contributed by atoms with E-state index in [2.05, 4.69) is 12.1 Å². The minimum Gasteiger partial charge on any atom is -0.411 e. The highest BCUT2D eigenvalue weighted by atomic mass is 16.7. The van der Waals surface area contributed by atoms with Gasteiger partial charge in [-0.25, -0.2) is 0 Å². The highest BCUT2D eigenvalue weighted by Crippen LogP contribution is 2.69. The number of aliphatic hydroxyl groups excluding tert-OH is 1. The molecule has 0 aromatic carbocycles. The first kappa shape index (κ1) is 21.8. The molecule has 0 bridgehead atoms. The van der Waals surface area contributed by atoms with Crippen molar-refractivity contribution in [2.75, 3.05) is 26.4 Å². The second-order valence-corrected chi connectivity index (χ2v) is 11.9. The second-order valence-electron chi connectivity index (χ2n) is 11.9. The van der Waals surface area contributed by atoms with Crippen molar-refractivity contribution in [1.82, 2.24) is 0 Å². The molecule has 8 unspecified atom stereocenters. The molecule has 0 aromatic rings. The predicted octanol–water partition coefficient (Wildman–Crippen LogP) is 3.56. The summed E-state index contributed by atoms with van der Waals surface area (Å²) in [5.74, 6) is 0.630. The Bertz CT molecular complexity index is 762. The van der Waals surface area contributed by atoms with Crippen LogP contribution in [0.1, 0.15) is 65.2 Å². The van der Waals surface area contributed by atoms with Gasteiger partial charge in [-0.3, -0.25) is 0 Å². The fraction of sp³-hybridized carbons (Fsp3) is 0.960. The van der Waals surface area contributed by atoms with Crippen LogP contribution in [0.4, 0.5) is 0 Å². The Kier molecular flexibility index (Phi) is 5.02. The van der Waals surface area contributed by atoms with Crippen LogP contribution in [0.25, 0.3) is 0 Å². The summed E-state index contributed by atoms with van der Waals surface area (Å²) in [5, 5.41) is 25.1. The number of rotatable bonds is 2. The molecule has 0 amide bonds. The minimum absolute atomic E-state index is 0.0910. The first-order chi connectivity index (χ1) is 15.4. The van der Waals surface area contributed by atoms with Crippen molar-refractivity contribution in [3.8, 4) is 0 Å². The minimum atomic E-state index is -0.669. The van der Waals surface area contributed by atoms with E-state index in [1.807, 2.05) is 6.92 Å². The van der Waals surface area contributed by atoms with Gasteiger partial charge in [-0.1, -0.05) is 6.92 Å². The van der Waals surface area contributed by atoms with Gasteiger partial charge in [0.25, 0.3) is 0 Å². The number of hydrogen-bond donors (Lipinski definition) is 2. The molecule has 32 heavy (non-hydrogen) atoms. The van der Waals surface area contributed by atoms with E-state index in [1.165, 1.54) is 0 Å². The van der Waals surface area contributed by atoms with Gasteiger partial charge in [0.05, 0.1) is 38.7 Å². The van der Waals surface area contributed by atoms with Gasteiger partial charge < -0.3 is 29.3 Å². The Balaban J connectivity index is 1.33. The summed E-state index contributed by atoms with van der Waals surface area (Å²) in [6.07, 6.45) is 9.17. The molecular formula is C25H39NO6. The van der Waals surface area contributed by atoms with Crippen LogP contribution >= 0.6 is 0 Å². The number of ether oxygens (including phenoxy) is 4. The highest BCUT2D eigenvalue weighted by molar-refractivity contribution is 5.68. The number of hydrogen-bond acceptors (Lipinski definition) is 7. The van der Waals surface area contributed by atoms with Gasteiger partial charge in [-0.05, 0) is 74.5 Å². The van der Waals surface area contributed by atoms with Gasteiger partial charge in [-0.2, -0.15) is 0 Å². The molecule has 180 valence electrons. The van der Waals surface area contributed by atoms with Crippen molar-refractivity contribution in [1.29, 1.82) is 0 Å². The molecule has 4 aliphatic carbocycles. The lowest BCUT2D eigenvalue weighted by Gasteiger charge is -2.63. The Morgan fingerprint density at radius 3 is 2.31 bits per heavy atom. The Morgan fingerprint density at radius 2 is 1.59 bits per heavy atom. The summed E-state index contributed by atoms with van der Waals surface area (Å²) in [6, 6.07) is 0. The third kappa shape index (κ3) is 2.87. The molecule has 7 heteroatoms. The molecule has 2 aliphatic heterocycles. The predicted molar refractivity (Wildman–Crippen MR) is 116 cm³/mol. The van der Waals surface area contributed by atoms with Crippen molar-refractivity contribution in [2.45, 2.75) is 82.9 Å². The fourth-order valence-electron chi connectivity index (χ4n) is 9.61. The normalized spacial score (nSPS) is 51.6. The topological polar surface area (TPSA) is 89.7 Å². The number of aliphatic hydroxyl groups is 1. The molecule has 8 atom stereocenters. The maximum absolute atomic E-state index is 11.8. The summed E-state index contributed by atoms with van der Waals surface area (Å²) in [5.41, 5.74) is -0.293. The van der Waals surface area contributed by atoms with E-state index >= 15 is 0 Å². The van der Waals surface area contributed by atoms with Crippen molar-refractivity contribution >= 4 is 6.21 Å². The van der Waals surface area contributed by atoms with E-state index in [4.69, 9.17) is 18.9 Å². The van der Waals surface area contributed by atoms with E-state index in [0.29, 0.717) is 50.6 Å². The third-order valence-electron chi connectivity index (χ3n) is 10.8. The highest BCUT2D eigenvalue weighted by Gasteiger charge is 2.68. The fourth-order valence-corrected chi connectivity index (χ4v) is 9.61. The molecule has 7 nitrogen and oxygen atoms in total. The molecule has 2 heterocycles. The molecule has 1 spiro atoms. The summed E-state index contributed by atoms with van der Waals surface area (Å²) in [6.45, 7) is 7.07. The Labute approximate surface area is 190 Å². The van der Waals surface area contributed by atoms with Crippen LogP contribution in [0.3, 0.4) is 0 Å². The molecule has 0 aromatic heterocycles. The zero-order chi connectivity index (χ0) is 22.2. The third-order valence-corrected chi connectivity index (χ3v) is 10.8. The van der Waals surface area contributed by atoms with Gasteiger partial charge in [0.2, 0.25) is 0 Å². The summed E-state index contributed by atoms with van der Waals surface area (Å²) >= 11 is 0. The first-order valence-electron chi connectivity index (χ1n) is 12.8. The molecule has 6 rings (SSSR count). The molecule has 6 fully saturated rings. The maximum atomic E-state index is 11.8. The van der Waals surface area contributed by atoms with Crippen LogP contribution in [0.15, 0.2) is 5.16 Å². The number of fused-ring (bicyclic) bond motifs is 5. The van der Waals surface area contributed by atoms with Crippen LogP contribution in [0.5, 0.6) is 0 Å². The van der Waals surface area contributed by atoms with E-state index < -0.39 is 11.9 Å². The summed E-state index contributed by atoms with van der Waals surface area (Å²) < 4.78 is 24.4. The standard InChI is InChI=1S/C25H39NO6/c1-22-7-8-25(31-11-12-32-25)13-16(22)3-4-17-18-5-6-20(23(2)29-9-10-30-23)24(18,15-26-28)14-19(27)21(17)22/h15-21,27-28H,3-14H2,1-2H3. The number of nitrogens with zero attached hydrogens (tertiary/aromatic N) is 1. The average molecular weight is 450 g/mol. The molecule has 2 saturated heterocycles. The largest absolute Gasteiger partial charge is 0.411 e. The molecule has 0 radical (unpaired) electrons. The Morgan fingerprint density at radius 1 is 0.875 bits per heavy atom. The zero-order valence-electron chi connectivity index (χ0n) is 19.5. The van der Waals surface area contributed by atoms with Crippen molar-refractivity contribution < 1.29 is 29.3 Å². The van der Waals surface area contributed by atoms with Gasteiger partial charge >= 0.3 is 0 Å². The molecule has 2 N–H and O–H groups in total. The quantitative estimate of drug-likeness (QED) is 0.381. The van der Waals surface area contributed by atoms with Crippen LogP contribution in [0, 0.1) is 40.4 Å². The van der Waals surface area contributed by atoms with Gasteiger partial charge in [0, 0.05) is 24.2 Å². The molecule has 6 aliphatic rings. The van der Waals surface area contributed by atoms with Crippen LogP contribution in [-0.4, -0.2) is 60.6 Å². The SMILES string of the molecule is CC1(C2CCC3C4CCC5CC6(CCC5(C)C4C(O)CC32C=NO)OCCO6)OCCO1. The summed E-state index contributed by atoms with van der Waals surface area (Å²) in [4.78, 5) is 0. The second kappa shape index (κ2) is 7.38. The van der Waals surface area contributed by atoms with Crippen LogP contribution in [0.2, 0.25) is 0 Å². The van der Waals surface area contributed by atoms with E-state index in [9.17, 15) is 10.3 Å². The van der Waals surface area contributed by atoms with Gasteiger partial charge in [-0.15, -0.1) is 5.16 Å². The van der Waals surface area contributed by atoms with Gasteiger partial charge in [0.1, 0.15) is 0 Å². The molecular weight excluding hydrogens is 410 g/mol. The van der Waals surface area contributed by atoms with Crippen LogP contribution in [-0.2, 0) is 18.9 Å². The van der Waals surface area contributed by atoms with Crippen molar-refractivity contribution in [3.63, 3.8) is 0 Å².